The van der Waals surface area contributed by atoms with Gasteiger partial charge in [-0.1, -0.05) is 34.8 Å². The first-order valence-electron chi connectivity index (χ1n) is 10.5. The summed E-state index contributed by atoms with van der Waals surface area (Å²) in [5, 5.41) is 32.3. The molecule has 6 rings (SSSR count). The van der Waals surface area contributed by atoms with Crippen molar-refractivity contribution in [3.63, 3.8) is 0 Å². The van der Waals surface area contributed by atoms with Gasteiger partial charge in [-0.3, -0.25) is 15.0 Å². The third-order valence-corrected chi connectivity index (χ3v) is 6.07. The van der Waals surface area contributed by atoms with Crippen LogP contribution in [0.2, 0.25) is 15.1 Å². The SMILES string of the molecule is Oc1ccc(Cl)c2cccnc12.Oc1ccc(Cl)c2cccnc12.Oc1ccc(Cl)c2cccnc12.[Ga]. The summed E-state index contributed by atoms with van der Waals surface area (Å²) in [4.78, 5) is 12.0. The molecule has 3 aromatic heterocycles. The molecule has 3 N–H and O–H groups in total. The predicted octanol–water partition coefficient (Wildman–Crippen LogP) is 7.40. The van der Waals surface area contributed by atoms with Crippen LogP contribution in [0.1, 0.15) is 0 Å². The van der Waals surface area contributed by atoms with E-state index in [2.05, 4.69) is 15.0 Å². The van der Waals surface area contributed by atoms with Crippen molar-refractivity contribution in [3.05, 3.63) is 106 Å². The first-order chi connectivity index (χ1) is 17.4. The predicted molar refractivity (Wildman–Crippen MR) is 151 cm³/mol. The maximum Gasteiger partial charge on any atom is 0.141 e. The fourth-order valence-corrected chi connectivity index (χ4v) is 4.02. The van der Waals surface area contributed by atoms with Crippen molar-refractivity contribution in [3.8, 4) is 17.2 Å². The van der Waals surface area contributed by atoms with Gasteiger partial charge in [-0.05, 0) is 72.8 Å². The van der Waals surface area contributed by atoms with Crippen LogP contribution < -0.4 is 0 Å². The number of rotatable bonds is 0. The molecule has 0 aliphatic rings. The van der Waals surface area contributed by atoms with Crippen molar-refractivity contribution in [2.24, 2.45) is 0 Å². The summed E-state index contributed by atoms with van der Waals surface area (Å²) in [5.41, 5.74) is 1.64. The molecule has 0 spiro atoms. The maximum atomic E-state index is 9.37. The second kappa shape index (κ2) is 12.9. The van der Waals surface area contributed by atoms with E-state index in [1.54, 1.807) is 55.0 Å². The molecule has 183 valence electrons. The van der Waals surface area contributed by atoms with E-state index >= 15 is 0 Å². The Morgan fingerprint density at radius 1 is 0.432 bits per heavy atom. The van der Waals surface area contributed by atoms with Crippen molar-refractivity contribution in [2.45, 2.75) is 0 Å². The van der Waals surface area contributed by atoms with Crippen LogP contribution in [0.4, 0.5) is 0 Å². The van der Waals surface area contributed by atoms with Crippen molar-refractivity contribution in [1.29, 1.82) is 0 Å². The summed E-state index contributed by atoms with van der Waals surface area (Å²) in [6.45, 7) is 0. The van der Waals surface area contributed by atoms with Crippen LogP contribution in [0.15, 0.2) is 91.4 Å². The minimum absolute atomic E-state index is 0. The monoisotopic (exact) mass is 606 g/mol. The zero-order chi connectivity index (χ0) is 25.7. The van der Waals surface area contributed by atoms with Crippen LogP contribution in [0, 0.1) is 0 Å². The normalized spacial score (nSPS) is 10.1. The molecule has 0 aliphatic heterocycles. The van der Waals surface area contributed by atoms with Gasteiger partial charge in [-0.15, -0.1) is 0 Å². The third kappa shape index (κ3) is 6.57. The van der Waals surface area contributed by atoms with Crippen LogP contribution in [0.5, 0.6) is 17.2 Å². The zero-order valence-electron chi connectivity index (χ0n) is 19.1. The van der Waals surface area contributed by atoms with Gasteiger partial charge in [-0.2, -0.15) is 0 Å². The summed E-state index contributed by atoms with van der Waals surface area (Å²) in [6, 6.07) is 20.4. The fourth-order valence-electron chi connectivity index (χ4n) is 3.37. The Hall–Kier alpha value is -3.20. The van der Waals surface area contributed by atoms with E-state index in [0.29, 0.717) is 31.6 Å². The minimum Gasteiger partial charge on any atom is -0.506 e. The fraction of sp³-hybridized carbons (Fsp3) is 0. The van der Waals surface area contributed by atoms with Crippen molar-refractivity contribution in [2.75, 3.05) is 0 Å². The van der Waals surface area contributed by atoms with Crippen LogP contribution >= 0.6 is 34.8 Å². The van der Waals surface area contributed by atoms with E-state index in [9.17, 15) is 15.3 Å². The summed E-state index contributed by atoms with van der Waals surface area (Å²) < 4.78 is 0. The van der Waals surface area contributed by atoms with Crippen LogP contribution in [0.25, 0.3) is 32.7 Å². The molecule has 37 heavy (non-hydrogen) atoms. The van der Waals surface area contributed by atoms with E-state index in [1.807, 2.05) is 18.2 Å². The van der Waals surface area contributed by atoms with Gasteiger partial charge in [0.1, 0.15) is 33.8 Å². The van der Waals surface area contributed by atoms with Crippen LogP contribution in [0.3, 0.4) is 0 Å². The Labute approximate surface area is 240 Å². The molecule has 10 heteroatoms. The minimum atomic E-state index is 0. The van der Waals surface area contributed by atoms with E-state index in [0.717, 1.165) is 16.2 Å². The molecule has 6 nitrogen and oxygen atoms in total. The number of aromatic hydroxyl groups is 3. The number of hydrogen-bond acceptors (Lipinski definition) is 6. The molecule has 3 heterocycles. The number of benzene rings is 3. The Morgan fingerprint density at radius 3 is 0.946 bits per heavy atom. The van der Waals surface area contributed by atoms with Gasteiger partial charge in [0.25, 0.3) is 0 Å². The molecular weight excluding hydrogens is 590 g/mol. The largest absolute Gasteiger partial charge is 0.506 e. The van der Waals surface area contributed by atoms with Gasteiger partial charge in [-0.25, -0.2) is 0 Å². The van der Waals surface area contributed by atoms with Gasteiger partial charge in [0, 0.05) is 54.5 Å². The first-order valence-corrected chi connectivity index (χ1v) is 11.7. The number of nitrogens with zero attached hydrogens (tertiary/aromatic N) is 3. The number of phenolic OH excluding ortho intramolecular Hbond substituents is 3. The first kappa shape index (κ1) is 28.4. The number of halogens is 3. The average molecular weight is 609 g/mol. The van der Waals surface area contributed by atoms with Gasteiger partial charge < -0.3 is 15.3 Å². The molecule has 0 bridgehead atoms. The molecule has 6 aromatic rings. The molecule has 0 atom stereocenters. The van der Waals surface area contributed by atoms with E-state index in [4.69, 9.17) is 34.8 Å². The van der Waals surface area contributed by atoms with Crippen molar-refractivity contribution < 1.29 is 15.3 Å². The molecule has 3 radical (unpaired) electrons. The number of fused-ring (bicyclic) bond motifs is 3. The molecule has 0 saturated heterocycles. The third-order valence-electron chi connectivity index (χ3n) is 5.09. The van der Waals surface area contributed by atoms with Gasteiger partial charge >= 0.3 is 0 Å². The zero-order valence-corrected chi connectivity index (χ0v) is 23.7. The molecule has 0 fully saturated rings. The topological polar surface area (TPSA) is 99.4 Å². The van der Waals surface area contributed by atoms with E-state index < -0.39 is 0 Å². The quantitative estimate of drug-likeness (QED) is 0.156. The second-order valence-electron chi connectivity index (χ2n) is 7.40. The van der Waals surface area contributed by atoms with Crippen molar-refractivity contribution in [1.82, 2.24) is 15.0 Å². The number of pyridine rings is 3. The molecule has 0 aliphatic carbocycles. The van der Waals surface area contributed by atoms with Gasteiger partial charge in [0.2, 0.25) is 0 Å². The van der Waals surface area contributed by atoms with Crippen LogP contribution in [-0.2, 0) is 0 Å². The Kier molecular flexibility index (Phi) is 9.85. The second-order valence-corrected chi connectivity index (χ2v) is 8.62. The Bertz CT molecular complexity index is 1370. The molecular formula is C27H18Cl3GaN3O3. The van der Waals surface area contributed by atoms with E-state index in [1.165, 1.54) is 18.2 Å². The smallest absolute Gasteiger partial charge is 0.141 e. The van der Waals surface area contributed by atoms with Crippen molar-refractivity contribution >= 4 is 87.3 Å². The van der Waals surface area contributed by atoms with Gasteiger partial charge in [0.15, 0.2) is 0 Å². The molecule has 0 saturated carbocycles. The molecule has 3 aromatic carbocycles. The van der Waals surface area contributed by atoms with Crippen LogP contribution in [-0.4, -0.2) is 50.1 Å². The Balaban J connectivity index is 0.000000152. The van der Waals surface area contributed by atoms with E-state index in [-0.39, 0.29) is 37.0 Å². The van der Waals surface area contributed by atoms with Gasteiger partial charge in [0.05, 0.1) is 15.1 Å². The Morgan fingerprint density at radius 2 is 0.703 bits per heavy atom. The molecule has 0 amide bonds. The summed E-state index contributed by atoms with van der Waals surface area (Å²) in [5.74, 6) is 0.486. The summed E-state index contributed by atoms with van der Waals surface area (Å²) in [6.07, 6.45) is 4.87. The number of phenols is 3. The average Bonchev–Trinajstić information content (AvgIpc) is 2.92. The summed E-state index contributed by atoms with van der Waals surface area (Å²) >= 11 is 17.6. The number of hydrogen-bond donors (Lipinski definition) is 3. The molecule has 0 unspecified atom stereocenters. The summed E-state index contributed by atoms with van der Waals surface area (Å²) in [7, 11) is 0. The standard InChI is InChI=1S/3C9H6ClNO.Ga/c3*10-7-3-4-8(12)9-6(7)2-1-5-11-9;/h3*1-5,12H;. The maximum absolute atomic E-state index is 9.37. The number of aromatic nitrogens is 3.